The number of rotatable bonds is 5. The summed E-state index contributed by atoms with van der Waals surface area (Å²) in [5, 5.41) is 16.2. The molecule has 0 aromatic rings. The molecule has 0 saturated carbocycles. The first-order valence-corrected chi connectivity index (χ1v) is 11.2. The van der Waals surface area contributed by atoms with E-state index in [2.05, 4.69) is 37.2 Å². The summed E-state index contributed by atoms with van der Waals surface area (Å²) in [6, 6.07) is 0. The van der Waals surface area contributed by atoms with Gasteiger partial charge in [-0.25, -0.2) is 0 Å². The Morgan fingerprint density at radius 1 is 1.00 bits per heavy atom. The van der Waals surface area contributed by atoms with Crippen molar-refractivity contribution in [1.82, 2.24) is 0 Å². The molecule has 0 radical (unpaired) electrons. The summed E-state index contributed by atoms with van der Waals surface area (Å²) in [5.74, 6) is -1.97. The van der Waals surface area contributed by atoms with Crippen LogP contribution in [0.5, 0.6) is 0 Å². The van der Waals surface area contributed by atoms with Gasteiger partial charge in [0.25, 0.3) is 0 Å². The van der Waals surface area contributed by atoms with Crippen molar-refractivity contribution < 1.29 is 19.8 Å². The summed E-state index contributed by atoms with van der Waals surface area (Å²) in [6.45, 7) is 0. The molecule has 12 heavy (non-hydrogen) atoms. The van der Waals surface area contributed by atoms with Gasteiger partial charge in [0.15, 0.2) is 0 Å². The van der Waals surface area contributed by atoms with E-state index in [1.807, 2.05) is 0 Å². The molecule has 0 atom stereocenters. The maximum Gasteiger partial charge on any atom is 0.314 e. The lowest BCUT2D eigenvalue weighted by atomic mass is 10.8. The lowest BCUT2D eigenvalue weighted by Crippen LogP contribution is -1.99. The van der Waals surface area contributed by atoms with Crippen LogP contribution in [0.3, 0.4) is 0 Å². The average Bonchev–Trinajstić information content (AvgIpc) is 2.02. The van der Waals surface area contributed by atoms with Crippen LogP contribution in [-0.4, -0.2) is 33.7 Å². The first-order valence-electron chi connectivity index (χ1n) is 2.45. The number of carboxylic acid groups (broad SMARTS) is 2. The Kier molecular flexibility index (Phi) is 15.7. The smallest absolute Gasteiger partial charge is 0.314 e. The van der Waals surface area contributed by atoms with Crippen LogP contribution < -0.4 is 0 Å². The topological polar surface area (TPSA) is 74.6 Å². The number of halogens is 2. The number of aliphatic carboxylic acids is 2. The second kappa shape index (κ2) is 12.1. The monoisotopic (exact) mass is 436 g/mol. The molecule has 0 saturated heterocycles. The van der Waals surface area contributed by atoms with Gasteiger partial charge in [-0.2, -0.15) is 0 Å². The summed E-state index contributed by atoms with van der Waals surface area (Å²) in [6.07, 6.45) is 0. The van der Waals surface area contributed by atoms with E-state index < -0.39 is 11.9 Å². The minimum Gasteiger partial charge on any atom is -0.481 e. The molecule has 0 fully saturated rings. The van der Waals surface area contributed by atoms with Gasteiger partial charge in [0.2, 0.25) is 0 Å². The third-order valence-electron chi connectivity index (χ3n) is 0.448. The third-order valence-corrected chi connectivity index (χ3v) is 2.55. The lowest BCUT2D eigenvalue weighted by molar-refractivity contribution is -0.135. The van der Waals surface area contributed by atoms with Crippen LogP contribution in [0.2, 0.25) is 0 Å². The maximum absolute atomic E-state index is 9.86. The standard InChI is InChI=1S/C4H6O4S2.I2/c5-3(6)1-9-10-2-4(7)8;1-2/h1-2H2,(H,5,6)(H,7,8);. The molecule has 0 unspecified atom stereocenters. The highest BCUT2D eigenvalue weighted by atomic mass is 128. The molecule has 8 heteroatoms. The van der Waals surface area contributed by atoms with Crippen molar-refractivity contribution in [3.8, 4) is 0 Å². The van der Waals surface area contributed by atoms with Crippen LogP contribution in [0.25, 0.3) is 0 Å². The molecule has 0 aliphatic heterocycles. The number of carboxylic acids is 2. The van der Waals surface area contributed by atoms with Crippen molar-refractivity contribution in [1.29, 1.82) is 0 Å². The van der Waals surface area contributed by atoms with E-state index in [1.165, 1.54) is 0 Å². The Balaban J connectivity index is 0. The fraction of sp³-hybridized carbons (Fsp3) is 0.500. The predicted octanol–water partition coefficient (Wildman–Crippen LogP) is 2.31. The van der Waals surface area contributed by atoms with Gasteiger partial charge >= 0.3 is 11.9 Å². The van der Waals surface area contributed by atoms with E-state index in [4.69, 9.17) is 10.2 Å². The Hall–Kier alpha value is 1.10. The van der Waals surface area contributed by atoms with Gasteiger partial charge in [-0.15, -0.1) is 0 Å². The van der Waals surface area contributed by atoms with Gasteiger partial charge in [-0.1, -0.05) is 21.6 Å². The average molecular weight is 436 g/mol. The molecular formula is C4H6I2O4S2. The second-order valence-corrected chi connectivity index (χ2v) is 3.77. The molecule has 0 aromatic carbocycles. The van der Waals surface area contributed by atoms with Crippen LogP contribution >= 0.6 is 58.8 Å². The first kappa shape index (κ1) is 15.6. The van der Waals surface area contributed by atoms with Crippen molar-refractivity contribution in [2.45, 2.75) is 0 Å². The van der Waals surface area contributed by atoms with Gasteiger partial charge < -0.3 is 10.2 Å². The van der Waals surface area contributed by atoms with E-state index in [0.29, 0.717) is 0 Å². The maximum atomic E-state index is 9.86. The molecule has 0 aromatic heterocycles. The molecule has 72 valence electrons. The van der Waals surface area contributed by atoms with Gasteiger partial charge in [-0.3, -0.25) is 9.59 Å². The molecule has 2 N–H and O–H groups in total. The highest BCUT2D eigenvalue weighted by Crippen LogP contribution is 2.19. The molecule has 0 aliphatic rings. The van der Waals surface area contributed by atoms with Crippen LogP contribution in [0, 0.1) is 0 Å². The van der Waals surface area contributed by atoms with E-state index in [-0.39, 0.29) is 11.5 Å². The zero-order valence-corrected chi connectivity index (χ0v) is 11.6. The SMILES string of the molecule is II.O=C(O)CSSCC(=O)O. The minimum atomic E-state index is -0.928. The van der Waals surface area contributed by atoms with Crippen molar-refractivity contribution in [2.24, 2.45) is 0 Å². The zero-order chi connectivity index (χ0) is 9.98. The van der Waals surface area contributed by atoms with Crippen molar-refractivity contribution >= 4 is 70.8 Å². The van der Waals surface area contributed by atoms with Crippen LogP contribution in [0.1, 0.15) is 0 Å². The van der Waals surface area contributed by atoms with E-state index >= 15 is 0 Å². The molecule has 4 nitrogen and oxygen atoms in total. The third kappa shape index (κ3) is 17.3. The molecule has 0 amide bonds. The second-order valence-electron chi connectivity index (χ2n) is 1.31. The van der Waals surface area contributed by atoms with Gasteiger partial charge in [0.05, 0.1) is 0 Å². The molecule has 0 heterocycles. The molecule has 0 bridgehead atoms. The summed E-state index contributed by atoms with van der Waals surface area (Å²) in [4.78, 5) is 19.7. The van der Waals surface area contributed by atoms with E-state index in [0.717, 1.165) is 21.6 Å². The Bertz CT molecular complexity index is 127. The normalized spacial score (nSPS) is 8.17. The van der Waals surface area contributed by atoms with Crippen molar-refractivity contribution in [3.05, 3.63) is 0 Å². The van der Waals surface area contributed by atoms with Gasteiger partial charge in [0.1, 0.15) is 11.5 Å². The Morgan fingerprint density at radius 2 is 1.25 bits per heavy atom. The van der Waals surface area contributed by atoms with Gasteiger partial charge in [0, 0.05) is 37.2 Å². The highest BCUT2D eigenvalue weighted by Gasteiger charge is 2.00. The van der Waals surface area contributed by atoms with Crippen LogP contribution in [0.15, 0.2) is 0 Å². The Labute approximate surface area is 101 Å². The number of hydrogen-bond acceptors (Lipinski definition) is 4. The predicted molar refractivity (Wildman–Crippen MR) is 68.2 cm³/mol. The number of hydrogen-bond donors (Lipinski definition) is 2. The summed E-state index contributed by atoms with van der Waals surface area (Å²) in [7, 11) is 2.05. The number of carbonyl (C=O) groups is 2. The van der Waals surface area contributed by atoms with Gasteiger partial charge in [-0.05, 0) is 0 Å². The van der Waals surface area contributed by atoms with Crippen LogP contribution in [-0.2, 0) is 9.59 Å². The molecular weight excluding hydrogens is 430 g/mol. The van der Waals surface area contributed by atoms with E-state index in [1.54, 1.807) is 0 Å². The Morgan fingerprint density at radius 3 is 1.42 bits per heavy atom. The molecule has 0 spiro atoms. The molecule has 0 aliphatic carbocycles. The summed E-state index contributed by atoms with van der Waals surface area (Å²) in [5.41, 5.74) is 0. The van der Waals surface area contributed by atoms with Crippen molar-refractivity contribution in [2.75, 3.05) is 11.5 Å². The van der Waals surface area contributed by atoms with Crippen LogP contribution in [0.4, 0.5) is 0 Å². The fourth-order valence-corrected chi connectivity index (χ4v) is 1.66. The fourth-order valence-electron chi connectivity index (χ4n) is 0.184. The zero-order valence-electron chi connectivity index (χ0n) is 5.70. The minimum absolute atomic E-state index is 0.0576. The largest absolute Gasteiger partial charge is 0.481 e. The molecule has 0 rings (SSSR count). The lowest BCUT2D eigenvalue weighted by Gasteiger charge is -1.91. The quantitative estimate of drug-likeness (QED) is 0.392. The first-order chi connectivity index (χ1) is 5.63. The van der Waals surface area contributed by atoms with Crippen molar-refractivity contribution in [3.63, 3.8) is 0 Å². The van der Waals surface area contributed by atoms with E-state index in [9.17, 15) is 9.59 Å². The summed E-state index contributed by atoms with van der Waals surface area (Å²) >= 11 is 4.24. The summed E-state index contributed by atoms with van der Waals surface area (Å²) < 4.78 is 0. The highest BCUT2D eigenvalue weighted by molar-refractivity contribution is 15.0.